The van der Waals surface area contributed by atoms with Crippen molar-refractivity contribution >= 4 is 21.9 Å². The molecule has 17 heavy (non-hydrogen) atoms. The molecule has 0 aliphatic carbocycles. The number of rotatable bonds is 3. The van der Waals surface area contributed by atoms with Crippen molar-refractivity contribution in [2.45, 2.75) is 13.0 Å². The first kappa shape index (κ1) is 11.8. The molecule has 0 unspecified atom stereocenters. The lowest BCUT2D eigenvalue weighted by Gasteiger charge is -2.13. The Morgan fingerprint density at radius 2 is 2.18 bits per heavy atom. The van der Waals surface area contributed by atoms with E-state index < -0.39 is 5.97 Å². The highest BCUT2D eigenvalue weighted by molar-refractivity contribution is 9.10. The smallest absolute Gasteiger partial charge is 0.358 e. The largest absolute Gasteiger partial charge is 0.476 e. The van der Waals surface area contributed by atoms with Crippen molar-refractivity contribution in [1.29, 1.82) is 0 Å². The van der Waals surface area contributed by atoms with E-state index >= 15 is 0 Å². The van der Waals surface area contributed by atoms with Crippen LogP contribution in [0.5, 0.6) is 0 Å². The zero-order chi connectivity index (χ0) is 12.4. The van der Waals surface area contributed by atoms with Crippen molar-refractivity contribution in [1.82, 2.24) is 15.0 Å². The van der Waals surface area contributed by atoms with E-state index in [-0.39, 0.29) is 11.7 Å². The minimum Gasteiger partial charge on any atom is -0.476 e. The fourth-order valence-corrected chi connectivity index (χ4v) is 2.14. The SMILES string of the molecule is C[C@H](c1ccccc1Br)n1cc(C(=O)O)nn1. The molecular weight excluding hydrogens is 286 g/mol. The summed E-state index contributed by atoms with van der Waals surface area (Å²) in [6.07, 6.45) is 1.42. The van der Waals surface area contributed by atoms with E-state index in [1.54, 1.807) is 0 Å². The van der Waals surface area contributed by atoms with Crippen molar-refractivity contribution in [3.63, 3.8) is 0 Å². The van der Waals surface area contributed by atoms with E-state index in [0.717, 1.165) is 10.0 Å². The number of aromatic nitrogens is 3. The Kier molecular flexibility index (Phi) is 3.23. The number of halogens is 1. The van der Waals surface area contributed by atoms with Gasteiger partial charge in [0.1, 0.15) is 0 Å². The standard InChI is InChI=1S/C11H10BrN3O2/c1-7(8-4-2-3-5-9(8)12)15-6-10(11(16)17)13-14-15/h2-7H,1H3,(H,16,17)/t7-/m1/s1. The Hall–Kier alpha value is -1.69. The Balaban J connectivity index is 2.34. The first-order chi connectivity index (χ1) is 8.09. The molecule has 0 aliphatic heterocycles. The molecule has 0 amide bonds. The van der Waals surface area contributed by atoms with Gasteiger partial charge >= 0.3 is 5.97 Å². The molecule has 0 fully saturated rings. The van der Waals surface area contributed by atoms with Crippen LogP contribution in [0.25, 0.3) is 0 Å². The van der Waals surface area contributed by atoms with E-state index in [2.05, 4.69) is 26.2 Å². The van der Waals surface area contributed by atoms with Crippen LogP contribution in [0.2, 0.25) is 0 Å². The molecule has 0 spiro atoms. The third-order valence-corrected chi connectivity index (χ3v) is 3.20. The maximum Gasteiger partial charge on any atom is 0.358 e. The average molecular weight is 296 g/mol. The van der Waals surface area contributed by atoms with E-state index in [1.165, 1.54) is 10.9 Å². The quantitative estimate of drug-likeness (QED) is 0.944. The fourth-order valence-electron chi connectivity index (χ4n) is 1.52. The number of hydrogen-bond acceptors (Lipinski definition) is 3. The lowest BCUT2D eigenvalue weighted by Crippen LogP contribution is -2.08. The monoisotopic (exact) mass is 295 g/mol. The second kappa shape index (κ2) is 4.67. The number of nitrogens with zero attached hydrogens (tertiary/aromatic N) is 3. The molecule has 2 aromatic rings. The summed E-state index contributed by atoms with van der Waals surface area (Å²) in [6, 6.07) is 7.65. The van der Waals surface area contributed by atoms with Gasteiger partial charge in [0.15, 0.2) is 5.69 Å². The van der Waals surface area contributed by atoms with Gasteiger partial charge in [-0.3, -0.25) is 0 Å². The van der Waals surface area contributed by atoms with Crippen LogP contribution in [0.4, 0.5) is 0 Å². The van der Waals surface area contributed by atoms with Gasteiger partial charge in [-0.05, 0) is 18.6 Å². The predicted octanol–water partition coefficient (Wildman–Crippen LogP) is 2.35. The second-order valence-electron chi connectivity index (χ2n) is 3.59. The Labute approximate surface area is 106 Å². The predicted molar refractivity (Wildman–Crippen MR) is 64.9 cm³/mol. The minimum absolute atomic E-state index is 0.0519. The molecule has 1 heterocycles. The van der Waals surface area contributed by atoms with Gasteiger partial charge in [0.25, 0.3) is 0 Å². The van der Waals surface area contributed by atoms with Gasteiger partial charge in [0.05, 0.1) is 12.2 Å². The van der Waals surface area contributed by atoms with Crippen LogP contribution in [0.1, 0.15) is 29.0 Å². The van der Waals surface area contributed by atoms with Gasteiger partial charge in [0, 0.05) is 4.47 Å². The molecule has 5 nitrogen and oxygen atoms in total. The maximum absolute atomic E-state index is 10.7. The number of benzene rings is 1. The van der Waals surface area contributed by atoms with Crippen LogP contribution in [0, 0.1) is 0 Å². The average Bonchev–Trinajstić information content (AvgIpc) is 2.78. The molecule has 2 rings (SSSR count). The lowest BCUT2D eigenvalue weighted by atomic mass is 10.1. The molecule has 0 saturated heterocycles. The summed E-state index contributed by atoms with van der Waals surface area (Å²) in [5.41, 5.74) is 0.971. The number of carbonyl (C=O) groups is 1. The number of hydrogen-bond donors (Lipinski definition) is 1. The molecule has 0 saturated carbocycles. The first-order valence-electron chi connectivity index (χ1n) is 4.99. The molecule has 1 N–H and O–H groups in total. The highest BCUT2D eigenvalue weighted by atomic mass is 79.9. The summed E-state index contributed by atoms with van der Waals surface area (Å²) in [5, 5.41) is 16.2. The third-order valence-electron chi connectivity index (χ3n) is 2.48. The van der Waals surface area contributed by atoms with Crippen molar-refractivity contribution in [2.75, 3.05) is 0 Å². The Morgan fingerprint density at radius 1 is 1.47 bits per heavy atom. The topological polar surface area (TPSA) is 68.0 Å². The summed E-state index contributed by atoms with van der Waals surface area (Å²) in [6.45, 7) is 1.93. The van der Waals surface area contributed by atoms with Crippen molar-refractivity contribution in [2.24, 2.45) is 0 Å². The molecule has 1 aromatic carbocycles. The zero-order valence-electron chi connectivity index (χ0n) is 9.04. The normalized spacial score (nSPS) is 12.4. The number of carboxylic acid groups (broad SMARTS) is 1. The first-order valence-corrected chi connectivity index (χ1v) is 5.78. The Morgan fingerprint density at radius 3 is 2.76 bits per heavy atom. The van der Waals surface area contributed by atoms with Gasteiger partial charge in [-0.1, -0.05) is 39.3 Å². The van der Waals surface area contributed by atoms with Gasteiger partial charge in [-0.25, -0.2) is 9.48 Å². The van der Waals surface area contributed by atoms with Crippen LogP contribution < -0.4 is 0 Å². The fraction of sp³-hybridized carbons (Fsp3) is 0.182. The van der Waals surface area contributed by atoms with Crippen molar-refractivity contribution in [3.05, 3.63) is 46.2 Å². The van der Waals surface area contributed by atoms with Gasteiger partial charge in [-0.2, -0.15) is 0 Å². The summed E-state index contributed by atoms with van der Waals surface area (Å²) in [7, 11) is 0. The number of carboxylic acids is 1. The molecular formula is C11H10BrN3O2. The van der Waals surface area contributed by atoms with Gasteiger partial charge < -0.3 is 5.11 Å². The van der Waals surface area contributed by atoms with Crippen LogP contribution in [0.15, 0.2) is 34.9 Å². The van der Waals surface area contributed by atoms with Gasteiger partial charge in [0.2, 0.25) is 0 Å². The van der Waals surface area contributed by atoms with E-state index in [0.29, 0.717) is 0 Å². The van der Waals surface area contributed by atoms with Crippen LogP contribution >= 0.6 is 15.9 Å². The van der Waals surface area contributed by atoms with E-state index in [9.17, 15) is 4.79 Å². The van der Waals surface area contributed by atoms with Gasteiger partial charge in [-0.15, -0.1) is 5.10 Å². The van der Waals surface area contributed by atoms with E-state index in [4.69, 9.17) is 5.11 Å². The second-order valence-corrected chi connectivity index (χ2v) is 4.44. The van der Waals surface area contributed by atoms with Crippen LogP contribution in [-0.2, 0) is 0 Å². The molecule has 1 aromatic heterocycles. The summed E-state index contributed by atoms with van der Waals surface area (Å²) in [5.74, 6) is -1.07. The maximum atomic E-state index is 10.7. The lowest BCUT2D eigenvalue weighted by molar-refractivity contribution is 0.0690. The minimum atomic E-state index is -1.07. The molecule has 6 heteroatoms. The van der Waals surface area contributed by atoms with Crippen molar-refractivity contribution < 1.29 is 9.90 Å². The molecule has 0 radical (unpaired) electrons. The summed E-state index contributed by atoms with van der Waals surface area (Å²) < 4.78 is 2.49. The molecule has 0 aliphatic rings. The number of aromatic carboxylic acids is 1. The molecule has 88 valence electrons. The molecule has 1 atom stereocenters. The zero-order valence-corrected chi connectivity index (χ0v) is 10.6. The van der Waals surface area contributed by atoms with E-state index in [1.807, 2.05) is 31.2 Å². The highest BCUT2D eigenvalue weighted by Crippen LogP contribution is 2.25. The van der Waals surface area contributed by atoms with Crippen LogP contribution in [-0.4, -0.2) is 26.1 Å². The highest BCUT2D eigenvalue weighted by Gasteiger charge is 2.15. The Bertz CT molecular complexity index is 553. The van der Waals surface area contributed by atoms with Crippen LogP contribution in [0.3, 0.4) is 0 Å². The van der Waals surface area contributed by atoms with Crippen molar-refractivity contribution in [3.8, 4) is 0 Å². The summed E-state index contributed by atoms with van der Waals surface area (Å²) in [4.78, 5) is 10.7. The molecule has 0 bridgehead atoms. The third kappa shape index (κ3) is 2.36. The summed E-state index contributed by atoms with van der Waals surface area (Å²) >= 11 is 3.45.